The molecule has 0 saturated carbocycles. The van der Waals surface area contributed by atoms with Crippen LogP contribution in [0, 0.1) is 13.8 Å². The lowest BCUT2D eigenvalue weighted by molar-refractivity contribution is 0.0747. The molecule has 2 aliphatic rings. The maximum absolute atomic E-state index is 13.2. The summed E-state index contributed by atoms with van der Waals surface area (Å²) < 4.78 is 0. The van der Waals surface area contributed by atoms with Crippen molar-refractivity contribution in [3.05, 3.63) is 71.5 Å². The zero-order valence-electron chi connectivity index (χ0n) is 19.5. The number of hydrogen-bond donors (Lipinski definition) is 0. The first-order valence-electron chi connectivity index (χ1n) is 11.9. The monoisotopic (exact) mass is 441 g/mol. The molecule has 0 spiro atoms. The summed E-state index contributed by atoms with van der Waals surface area (Å²) in [6, 6.07) is 14.4. The SMILES string of the molecule is Cc1ccc(C)c(N2CCN(C(=O)c3ccc(-c4nccnc4N4CCCC4)cc3)CC2)c1. The summed E-state index contributed by atoms with van der Waals surface area (Å²) in [5.41, 5.74) is 6.45. The van der Waals surface area contributed by atoms with Crippen LogP contribution in [0.4, 0.5) is 11.5 Å². The number of hydrogen-bond acceptors (Lipinski definition) is 5. The molecule has 170 valence electrons. The van der Waals surface area contributed by atoms with Crippen LogP contribution < -0.4 is 9.80 Å². The molecule has 5 rings (SSSR count). The fourth-order valence-corrected chi connectivity index (χ4v) is 4.86. The summed E-state index contributed by atoms with van der Waals surface area (Å²) >= 11 is 0. The van der Waals surface area contributed by atoms with Gasteiger partial charge in [-0.1, -0.05) is 24.3 Å². The predicted molar refractivity (Wildman–Crippen MR) is 133 cm³/mol. The number of rotatable bonds is 4. The van der Waals surface area contributed by atoms with Gasteiger partial charge in [-0.25, -0.2) is 4.98 Å². The second-order valence-electron chi connectivity index (χ2n) is 9.07. The zero-order chi connectivity index (χ0) is 22.8. The fraction of sp³-hybridized carbons (Fsp3) is 0.370. The molecule has 3 heterocycles. The van der Waals surface area contributed by atoms with Crippen LogP contribution in [-0.2, 0) is 0 Å². The van der Waals surface area contributed by atoms with Crippen LogP contribution in [0.5, 0.6) is 0 Å². The summed E-state index contributed by atoms with van der Waals surface area (Å²) in [5, 5.41) is 0. The minimum Gasteiger partial charge on any atom is -0.368 e. The molecule has 6 heteroatoms. The van der Waals surface area contributed by atoms with Gasteiger partial charge in [0.05, 0.1) is 0 Å². The van der Waals surface area contributed by atoms with Gasteiger partial charge in [-0.2, -0.15) is 0 Å². The highest BCUT2D eigenvalue weighted by Crippen LogP contribution is 2.29. The highest BCUT2D eigenvalue weighted by molar-refractivity contribution is 5.95. The van der Waals surface area contributed by atoms with Crippen LogP contribution in [-0.4, -0.2) is 60.0 Å². The molecule has 0 aliphatic carbocycles. The lowest BCUT2D eigenvalue weighted by Gasteiger charge is -2.37. The Balaban J connectivity index is 1.27. The highest BCUT2D eigenvalue weighted by atomic mass is 16.2. The van der Waals surface area contributed by atoms with Crippen LogP contribution in [0.1, 0.15) is 34.3 Å². The van der Waals surface area contributed by atoms with E-state index in [1.54, 1.807) is 12.4 Å². The van der Waals surface area contributed by atoms with Crippen molar-refractivity contribution in [2.24, 2.45) is 0 Å². The van der Waals surface area contributed by atoms with Gasteiger partial charge in [0, 0.05) is 68.5 Å². The number of piperazine rings is 1. The van der Waals surface area contributed by atoms with Gasteiger partial charge < -0.3 is 14.7 Å². The molecule has 2 aromatic carbocycles. The Labute approximate surface area is 195 Å². The molecule has 0 N–H and O–H groups in total. The molecule has 0 unspecified atom stereocenters. The number of nitrogens with zero attached hydrogens (tertiary/aromatic N) is 5. The molecule has 3 aromatic rings. The average Bonchev–Trinajstić information content (AvgIpc) is 3.40. The first kappa shape index (κ1) is 21.4. The standard InChI is InChI=1S/C27H31N5O/c1-20-5-6-21(2)24(19-20)30-15-17-32(18-16-30)27(33)23-9-7-22(8-10-23)25-26(29-12-11-28-25)31-13-3-4-14-31/h5-12,19H,3-4,13-18H2,1-2H3. The second kappa shape index (κ2) is 9.22. The van der Waals surface area contributed by atoms with E-state index in [0.29, 0.717) is 0 Å². The summed E-state index contributed by atoms with van der Waals surface area (Å²) in [4.78, 5) is 29.0. The largest absolute Gasteiger partial charge is 0.368 e. The van der Waals surface area contributed by atoms with Crippen LogP contribution in [0.3, 0.4) is 0 Å². The van der Waals surface area contributed by atoms with Gasteiger partial charge in [0.1, 0.15) is 5.69 Å². The van der Waals surface area contributed by atoms with E-state index < -0.39 is 0 Å². The summed E-state index contributed by atoms with van der Waals surface area (Å²) in [5.74, 6) is 1.04. The molecule has 0 radical (unpaired) electrons. The van der Waals surface area contributed by atoms with E-state index >= 15 is 0 Å². The summed E-state index contributed by atoms with van der Waals surface area (Å²) in [7, 11) is 0. The lowest BCUT2D eigenvalue weighted by atomic mass is 10.1. The van der Waals surface area contributed by atoms with Gasteiger partial charge in [-0.3, -0.25) is 9.78 Å². The maximum atomic E-state index is 13.2. The summed E-state index contributed by atoms with van der Waals surface area (Å²) in [6.45, 7) is 9.50. The molecule has 2 saturated heterocycles. The minimum absolute atomic E-state index is 0.0982. The maximum Gasteiger partial charge on any atom is 0.253 e. The molecule has 2 aliphatic heterocycles. The van der Waals surface area contributed by atoms with Gasteiger partial charge in [0.15, 0.2) is 5.82 Å². The van der Waals surface area contributed by atoms with Gasteiger partial charge in [-0.05, 0) is 56.0 Å². The molecule has 0 atom stereocenters. The average molecular weight is 442 g/mol. The number of carbonyl (C=O) groups is 1. The van der Waals surface area contributed by atoms with Gasteiger partial charge in [0.2, 0.25) is 0 Å². The Morgan fingerprint density at radius 3 is 2.21 bits per heavy atom. The van der Waals surface area contributed by atoms with Crippen LogP contribution in [0.25, 0.3) is 11.3 Å². The first-order valence-corrected chi connectivity index (χ1v) is 11.9. The van der Waals surface area contributed by atoms with E-state index in [0.717, 1.165) is 61.9 Å². The first-order chi connectivity index (χ1) is 16.1. The van der Waals surface area contributed by atoms with Crippen molar-refractivity contribution in [3.63, 3.8) is 0 Å². The van der Waals surface area contributed by atoms with Crippen molar-refractivity contribution in [2.75, 3.05) is 49.1 Å². The van der Waals surface area contributed by atoms with E-state index in [1.165, 1.54) is 29.7 Å². The number of aryl methyl sites for hydroxylation is 2. The van der Waals surface area contributed by atoms with E-state index in [1.807, 2.05) is 29.2 Å². The van der Waals surface area contributed by atoms with E-state index in [2.05, 4.69) is 51.8 Å². The van der Waals surface area contributed by atoms with Crippen LogP contribution in [0.2, 0.25) is 0 Å². The van der Waals surface area contributed by atoms with Crippen LogP contribution >= 0.6 is 0 Å². The summed E-state index contributed by atoms with van der Waals surface area (Å²) in [6.07, 6.45) is 5.89. The molecule has 33 heavy (non-hydrogen) atoms. The zero-order valence-corrected chi connectivity index (χ0v) is 19.5. The molecule has 1 aromatic heterocycles. The molecule has 0 bridgehead atoms. The van der Waals surface area contributed by atoms with E-state index in [9.17, 15) is 4.79 Å². The minimum atomic E-state index is 0.0982. The third-order valence-corrected chi connectivity index (χ3v) is 6.76. The fourth-order valence-electron chi connectivity index (χ4n) is 4.86. The van der Waals surface area contributed by atoms with E-state index in [-0.39, 0.29) is 5.91 Å². The second-order valence-corrected chi connectivity index (χ2v) is 9.07. The number of carbonyl (C=O) groups excluding carboxylic acids is 1. The van der Waals surface area contributed by atoms with Gasteiger partial charge in [0.25, 0.3) is 5.91 Å². The van der Waals surface area contributed by atoms with Gasteiger partial charge in [-0.15, -0.1) is 0 Å². The van der Waals surface area contributed by atoms with Crippen molar-refractivity contribution in [3.8, 4) is 11.3 Å². The van der Waals surface area contributed by atoms with Crippen LogP contribution in [0.15, 0.2) is 54.9 Å². The van der Waals surface area contributed by atoms with Crippen molar-refractivity contribution >= 4 is 17.4 Å². The van der Waals surface area contributed by atoms with Gasteiger partial charge >= 0.3 is 0 Å². The third kappa shape index (κ3) is 4.42. The molecular formula is C27H31N5O. The molecule has 2 fully saturated rings. The molecule has 6 nitrogen and oxygen atoms in total. The van der Waals surface area contributed by atoms with Crippen molar-refractivity contribution in [1.29, 1.82) is 0 Å². The Bertz CT molecular complexity index is 1130. The number of anilines is 2. The molecule has 1 amide bonds. The molecular weight excluding hydrogens is 410 g/mol. The van der Waals surface area contributed by atoms with E-state index in [4.69, 9.17) is 0 Å². The third-order valence-electron chi connectivity index (χ3n) is 6.76. The Hall–Kier alpha value is -3.41. The predicted octanol–water partition coefficient (Wildman–Crippen LogP) is 4.32. The number of aromatic nitrogens is 2. The highest BCUT2D eigenvalue weighted by Gasteiger charge is 2.24. The Kier molecular flexibility index (Phi) is 5.99. The Morgan fingerprint density at radius 1 is 0.788 bits per heavy atom. The smallest absolute Gasteiger partial charge is 0.253 e. The normalized spacial score (nSPS) is 16.4. The lowest BCUT2D eigenvalue weighted by Crippen LogP contribution is -2.49. The quantitative estimate of drug-likeness (QED) is 0.603. The Morgan fingerprint density at radius 2 is 1.48 bits per heavy atom. The number of benzene rings is 2. The van der Waals surface area contributed by atoms with Crippen molar-refractivity contribution in [1.82, 2.24) is 14.9 Å². The topological polar surface area (TPSA) is 52.6 Å². The van der Waals surface area contributed by atoms with Crippen molar-refractivity contribution in [2.45, 2.75) is 26.7 Å². The van der Waals surface area contributed by atoms with Crippen molar-refractivity contribution < 1.29 is 4.79 Å². The number of amides is 1.